The maximum atomic E-state index is 8.92. The van der Waals surface area contributed by atoms with Crippen LogP contribution in [0.4, 0.5) is 0 Å². The van der Waals surface area contributed by atoms with E-state index < -0.39 is 8.07 Å². The molecule has 1 atom stereocenters. The second-order valence-corrected chi connectivity index (χ2v) is 9.14. The topological polar surface area (TPSA) is 20.2 Å². The molecular weight excluding hydrogens is 116 g/mol. The molecule has 0 spiro atoms. The molecule has 0 aliphatic heterocycles. The predicted octanol–water partition coefficient (Wildman–Crippen LogP) is 1.71. The molecule has 2 heteroatoms. The molecule has 0 aliphatic rings. The molecule has 0 amide bonds. The van der Waals surface area contributed by atoms with Gasteiger partial charge in [-0.3, -0.25) is 0 Å². The van der Waals surface area contributed by atoms with E-state index in [1.54, 1.807) is 0 Å². The summed E-state index contributed by atoms with van der Waals surface area (Å²) in [7, 11) is -0.970. The van der Waals surface area contributed by atoms with Crippen LogP contribution in [-0.2, 0) is 0 Å². The molecule has 0 radical (unpaired) electrons. The average Bonchev–Trinajstić information content (AvgIpc) is 1.21. The second-order valence-electron chi connectivity index (χ2n) is 3.61. The fourth-order valence-corrected chi connectivity index (χ4v) is 2.66. The summed E-state index contributed by atoms with van der Waals surface area (Å²) in [6.45, 7) is 8.65. The highest BCUT2D eigenvalue weighted by molar-refractivity contribution is 6.76. The molecule has 0 aromatic heterocycles. The molecule has 0 aromatic carbocycles. The van der Waals surface area contributed by atoms with Crippen molar-refractivity contribution in [2.24, 2.45) is 0 Å². The van der Waals surface area contributed by atoms with E-state index in [1.807, 2.05) is 6.92 Å². The van der Waals surface area contributed by atoms with Gasteiger partial charge in [0.15, 0.2) is 0 Å². The Morgan fingerprint density at radius 3 is 1.75 bits per heavy atom. The van der Waals surface area contributed by atoms with Crippen molar-refractivity contribution in [3.63, 3.8) is 0 Å². The molecule has 8 heavy (non-hydrogen) atoms. The van der Waals surface area contributed by atoms with E-state index in [9.17, 15) is 0 Å². The first-order chi connectivity index (χ1) is 3.42. The van der Waals surface area contributed by atoms with Gasteiger partial charge >= 0.3 is 0 Å². The fourth-order valence-electron chi connectivity index (χ4n) is 0.886. The average molecular weight is 132 g/mol. The van der Waals surface area contributed by atoms with Crippen molar-refractivity contribution >= 4 is 8.07 Å². The molecule has 0 unspecified atom stereocenters. The van der Waals surface area contributed by atoms with Gasteiger partial charge in [-0.05, 0) is 13.0 Å². The summed E-state index contributed by atoms with van der Waals surface area (Å²) in [4.78, 5) is 0. The number of rotatable bonds is 2. The van der Waals surface area contributed by atoms with Crippen LogP contribution >= 0.6 is 0 Å². The van der Waals surface area contributed by atoms with E-state index in [4.69, 9.17) is 5.11 Å². The molecule has 0 bridgehead atoms. The molecule has 0 fully saturated rings. The van der Waals surface area contributed by atoms with E-state index in [0.717, 1.165) is 6.04 Å². The monoisotopic (exact) mass is 132 g/mol. The lowest BCUT2D eigenvalue weighted by Crippen LogP contribution is -2.24. The molecule has 0 aromatic rings. The molecule has 1 nitrogen and oxygen atoms in total. The number of aliphatic hydroxyl groups excluding tert-OH is 1. The Kier molecular flexibility index (Phi) is 2.70. The van der Waals surface area contributed by atoms with Crippen LogP contribution in [0, 0.1) is 0 Å². The van der Waals surface area contributed by atoms with Gasteiger partial charge in [-0.15, -0.1) is 0 Å². The zero-order chi connectivity index (χ0) is 6.78. The van der Waals surface area contributed by atoms with Gasteiger partial charge in [0.1, 0.15) is 0 Å². The standard InChI is InChI=1S/C6H16OSi/c1-6(7)5-8(2,3)4/h6-7H,5H2,1-4H3/t6-/m0/s1. The Hall–Kier alpha value is 0.177. The first kappa shape index (κ1) is 8.18. The van der Waals surface area contributed by atoms with Gasteiger partial charge in [0.2, 0.25) is 0 Å². The smallest absolute Gasteiger partial charge is 0.0488 e. The minimum atomic E-state index is -0.970. The first-order valence-corrected chi connectivity index (χ1v) is 6.80. The van der Waals surface area contributed by atoms with E-state index in [0.29, 0.717) is 0 Å². The zero-order valence-electron chi connectivity index (χ0n) is 6.23. The number of hydrogen-bond acceptors (Lipinski definition) is 1. The Bertz CT molecular complexity index is 63.4. The molecule has 50 valence electrons. The molecular formula is C6H16OSi. The highest BCUT2D eigenvalue weighted by atomic mass is 28.3. The first-order valence-electron chi connectivity index (χ1n) is 3.10. The maximum Gasteiger partial charge on any atom is 0.0488 e. The van der Waals surface area contributed by atoms with Crippen LogP contribution in [0.25, 0.3) is 0 Å². The Balaban J connectivity index is 3.39. The zero-order valence-corrected chi connectivity index (χ0v) is 7.23. The van der Waals surface area contributed by atoms with Crippen molar-refractivity contribution in [2.45, 2.75) is 38.7 Å². The van der Waals surface area contributed by atoms with Gasteiger partial charge in [-0.25, -0.2) is 0 Å². The highest BCUT2D eigenvalue weighted by Crippen LogP contribution is 2.10. The quantitative estimate of drug-likeness (QED) is 0.567. The molecule has 0 rings (SSSR count). The van der Waals surface area contributed by atoms with Gasteiger partial charge in [0.25, 0.3) is 0 Å². The summed E-state index contributed by atoms with van der Waals surface area (Å²) in [5, 5.41) is 8.92. The summed E-state index contributed by atoms with van der Waals surface area (Å²) in [6.07, 6.45) is -0.0957. The fraction of sp³-hybridized carbons (Fsp3) is 1.00. The van der Waals surface area contributed by atoms with Crippen LogP contribution in [0.3, 0.4) is 0 Å². The predicted molar refractivity (Wildman–Crippen MR) is 39.8 cm³/mol. The van der Waals surface area contributed by atoms with E-state index >= 15 is 0 Å². The van der Waals surface area contributed by atoms with Gasteiger partial charge in [-0.2, -0.15) is 0 Å². The molecule has 0 saturated heterocycles. The van der Waals surface area contributed by atoms with Crippen molar-refractivity contribution in [2.75, 3.05) is 0 Å². The number of aliphatic hydroxyl groups is 1. The van der Waals surface area contributed by atoms with Gasteiger partial charge < -0.3 is 5.11 Å². The molecule has 1 N–H and O–H groups in total. The minimum absolute atomic E-state index is 0.0957. The van der Waals surface area contributed by atoms with Gasteiger partial charge in [-0.1, -0.05) is 19.6 Å². The van der Waals surface area contributed by atoms with Gasteiger partial charge in [0, 0.05) is 14.2 Å². The van der Waals surface area contributed by atoms with Crippen LogP contribution in [0.1, 0.15) is 6.92 Å². The van der Waals surface area contributed by atoms with E-state index in [-0.39, 0.29) is 6.10 Å². The highest BCUT2D eigenvalue weighted by Gasteiger charge is 2.14. The second kappa shape index (κ2) is 2.64. The summed E-state index contributed by atoms with van der Waals surface area (Å²) < 4.78 is 0. The van der Waals surface area contributed by atoms with Gasteiger partial charge in [0.05, 0.1) is 0 Å². The summed E-state index contributed by atoms with van der Waals surface area (Å²) in [5.41, 5.74) is 0. The third-order valence-electron chi connectivity index (χ3n) is 0.908. The SMILES string of the molecule is C[C@H](O)C[Si](C)(C)C. The third-order valence-corrected chi connectivity index (χ3v) is 2.72. The Morgan fingerprint density at radius 1 is 1.38 bits per heavy atom. The van der Waals surface area contributed by atoms with E-state index in [1.165, 1.54) is 0 Å². The van der Waals surface area contributed by atoms with E-state index in [2.05, 4.69) is 19.6 Å². The molecule has 0 heterocycles. The molecule has 0 saturated carbocycles. The summed E-state index contributed by atoms with van der Waals surface area (Å²) >= 11 is 0. The number of hydrogen-bond donors (Lipinski definition) is 1. The van der Waals surface area contributed by atoms with Crippen LogP contribution in [0.15, 0.2) is 0 Å². The maximum absolute atomic E-state index is 8.92. The third kappa shape index (κ3) is 6.18. The van der Waals surface area contributed by atoms with Crippen molar-refractivity contribution in [1.29, 1.82) is 0 Å². The van der Waals surface area contributed by atoms with Crippen molar-refractivity contribution in [1.82, 2.24) is 0 Å². The lowest BCUT2D eigenvalue weighted by molar-refractivity contribution is 0.214. The van der Waals surface area contributed by atoms with Crippen molar-refractivity contribution < 1.29 is 5.11 Å². The van der Waals surface area contributed by atoms with Crippen LogP contribution in [-0.4, -0.2) is 19.3 Å². The summed E-state index contributed by atoms with van der Waals surface area (Å²) in [5.74, 6) is 0. The van der Waals surface area contributed by atoms with Crippen LogP contribution in [0.2, 0.25) is 25.7 Å². The lowest BCUT2D eigenvalue weighted by atomic mass is 10.5. The van der Waals surface area contributed by atoms with Crippen molar-refractivity contribution in [3.8, 4) is 0 Å². The van der Waals surface area contributed by atoms with Crippen LogP contribution < -0.4 is 0 Å². The Labute approximate surface area is 52.7 Å². The largest absolute Gasteiger partial charge is 0.394 e. The lowest BCUT2D eigenvalue weighted by Gasteiger charge is -2.16. The molecule has 0 aliphatic carbocycles. The van der Waals surface area contributed by atoms with Crippen molar-refractivity contribution in [3.05, 3.63) is 0 Å². The minimum Gasteiger partial charge on any atom is -0.394 e. The van der Waals surface area contributed by atoms with Crippen LogP contribution in [0.5, 0.6) is 0 Å². The summed E-state index contributed by atoms with van der Waals surface area (Å²) in [6, 6.07) is 1.02. The normalized spacial score (nSPS) is 16.1. The Morgan fingerprint density at radius 2 is 1.75 bits per heavy atom.